The fourth-order valence-corrected chi connectivity index (χ4v) is 3.69. The van der Waals surface area contributed by atoms with Crippen molar-refractivity contribution < 1.29 is 14.3 Å². The van der Waals surface area contributed by atoms with Crippen LogP contribution in [0.4, 0.5) is 0 Å². The molecule has 1 saturated heterocycles. The molecule has 150 valence electrons. The Labute approximate surface area is 171 Å². The highest BCUT2D eigenvalue weighted by molar-refractivity contribution is 6.35. The van der Waals surface area contributed by atoms with Crippen LogP contribution in [0.2, 0.25) is 10.0 Å². The number of rotatable bonds is 7. The molecular formula is C20H28Cl2N2O3. The molecule has 0 N–H and O–H groups in total. The van der Waals surface area contributed by atoms with Gasteiger partial charge in [-0.3, -0.25) is 9.59 Å². The zero-order valence-corrected chi connectivity index (χ0v) is 17.7. The van der Waals surface area contributed by atoms with Crippen LogP contribution in [-0.2, 0) is 9.59 Å². The lowest BCUT2D eigenvalue weighted by atomic mass is 9.95. The van der Waals surface area contributed by atoms with Gasteiger partial charge in [-0.05, 0) is 44.4 Å². The van der Waals surface area contributed by atoms with E-state index in [9.17, 15) is 9.59 Å². The van der Waals surface area contributed by atoms with Gasteiger partial charge in [-0.15, -0.1) is 0 Å². The van der Waals surface area contributed by atoms with Crippen molar-refractivity contribution in [3.05, 3.63) is 28.2 Å². The van der Waals surface area contributed by atoms with Crippen molar-refractivity contribution in [2.45, 2.75) is 45.6 Å². The monoisotopic (exact) mass is 414 g/mol. The molecule has 5 nitrogen and oxygen atoms in total. The standard InChI is InChI=1S/C20H28Cl2N2O3/c1-4-5-10-23(3)20(26)15-8-11-24(12-9-15)19(25)14(2)27-18-7-6-16(21)13-17(18)22/h6-7,13-15H,4-5,8-12H2,1-3H3. The van der Waals surface area contributed by atoms with Crippen LogP contribution < -0.4 is 4.74 Å². The van der Waals surface area contributed by atoms with Gasteiger partial charge in [0, 0.05) is 37.6 Å². The lowest BCUT2D eigenvalue weighted by molar-refractivity contribution is -0.143. The van der Waals surface area contributed by atoms with Crippen LogP contribution in [0.1, 0.15) is 39.5 Å². The van der Waals surface area contributed by atoms with Crippen LogP contribution in [0, 0.1) is 5.92 Å². The number of hydrogen-bond acceptors (Lipinski definition) is 3. The normalized spacial score (nSPS) is 16.1. The lowest BCUT2D eigenvalue weighted by Crippen LogP contribution is -2.47. The molecule has 1 aromatic carbocycles. The Balaban J connectivity index is 1.85. The zero-order valence-electron chi connectivity index (χ0n) is 16.2. The van der Waals surface area contributed by atoms with E-state index >= 15 is 0 Å². The van der Waals surface area contributed by atoms with Crippen molar-refractivity contribution in [3.8, 4) is 5.75 Å². The predicted octanol–water partition coefficient (Wildman–Crippen LogP) is 4.26. The second-order valence-electron chi connectivity index (χ2n) is 7.05. The zero-order chi connectivity index (χ0) is 20.0. The number of amides is 2. The molecule has 1 atom stereocenters. The van der Waals surface area contributed by atoms with Crippen LogP contribution in [0.5, 0.6) is 5.75 Å². The van der Waals surface area contributed by atoms with Crippen LogP contribution >= 0.6 is 23.2 Å². The first-order valence-corrected chi connectivity index (χ1v) is 10.2. The lowest BCUT2D eigenvalue weighted by Gasteiger charge is -2.34. The molecule has 1 unspecified atom stereocenters. The summed E-state index contributed by atoms with van der Waals surface area (Å²) in [6.07, 6.45) is 2.82. The number of unbranched alkanes of at least 4 members (excludes halogenated alkanes) is 1. The summed E-state index contributed by atoms with van der Waals surface area (Å²) in [6.45, 7) is 5.75. The van der Waals surface area contributed by atoms with Crippen molar-refractivity contribution in [3.63, 3.8) is 0 Å². The molecule has 0 bridgehead atoms. The number of nitrogens with zero attached hydrogens (tertiary/aromatic N) is 2. The van der Waals surface area contributed by atoms with E-state index in [0.29, 0.717) is 41.7 Å². The molecule has 1 aliphatic heterocycles. The summed E-state index contributed by atoms with van der Waals surface area (Å²) in [5.41, 5.74) is 0. The molecule has 1 fully saturated rings. The molecule has 1 aliphatic rings. The van der Waals surface area contributed by atoms with E-state index in [-0.39, 0.29) is 17.7 Å². The van der Waals surface area contributed by atoms with Gasteiger partial charge in [-0.2, -0.15) is 0 Å². The van der Waals surface area contributed by atoms with Crippen molar-refractivity contribution in [2.75, 3.05) is 26.7 Å². The average Bonchev–Trinajstić information content (AvgIpc) is 2.67. The van der Waals surface area contributed by atoms with Gasteiger partial charge in [0.1, 0.15) is 5.75 Å². The molecular weight excluding hydrogens is 387 g/mol. The van der Waals surface area contributed by atoms with E-state index in [1.165, 1.54) is 0 Å². The van der Waals surface area contributed by atoms with E-state index in [4.69, 9.17) is 27.9 Å². The second kappa shape index (κ2) is 10.2. The average molecular weight is 415 g/mol. The third kappa shape index (κ3) is 6.01. The van der Waals surface area contributed by atoms with Crippen molar-refractivity contribution in [2.24, 2.45) is 5.92 Å². The molecule has 0 aliphatic carbocycles. The number of halogens is 2. The van der Waals surface area contributed by atoms with Gasteiger partial charge in [0.25, 0.3) is 5.91 Å². The Morgan fingerprint density at radius 2 is 1.96 bits per heavy atom. The summed E-state index contributed by atoms with van der Waals surface area (Å²) in [5.74, 6) is 0.529. The summed E-state index contributed by atoms with van der Waals surface area (Å²) in [6, 6.07) is 4.92. The fourth-order valence-electron chi connectivity index (χ4n) is 3.23. The molecule has 27 heavy (non-hydrogen) atoms. The highest BCUT2D eigenvalue weighted by atomic mass is 35.5. The molecule has 7 heteroatoms. The van der Waals surface area contributed by atoms with Gasteiger partial charge in [0.15, 0.2) is 6.10 Å². The smallest absolute Gasteiger partial charge is 0.263 e. The molecule has 0 saturated carbocycles. The summed E-state index contributed by atoms with van der Waals surface area (Å²) >= 11 is 12.0. The highest BCUT2D eigenvalue weighted by Crippen LogP contribution is 2.29. The first-order valence-electron chi connectivity index (χ1n) is 9.49. The Kier molecular flexibility index (Phi) is 8.24. The van der Waals surface area contributed by atoms with Crippen molar-refractivity contribution in [1.29, 1.82) is 0 Å². The van der Waals surface area contributed by atoms with E-state index in [1.54, 1.807) is 30.0 Å². The number of piperidine rings is 1. The molecule has 2 amide bonds. The van der Waals surface area contributed by atoms with Crippen LogP contribution in [0.3, 0.4) is 0 Å². The van der Waals surface area contributed by atoms with Gasteiger partial charge in [0.05, 0.1) is 5.02 Å². The van der Waals surface area contributed by atoms with Crippen LogP contribution in [0.25, 0.3) is 0 Å². The Hall–Kier alpha value is -1.46. The maximum atomic E-state index is 12.7. The molecule has 0 spiro atoms. The Bertz CT molecular complexity index is 661. The second-order valence-corrected chi connectivity index (χ2v) is 7.89. The largest absolute Gasteiger partial charge is 0.479 e. The predicted molar refractivity (Wildman–Crippen MR) is 108 cm³/mol. The van der Waals surface area contributed by atoms with E-state index < -0.39 is 6.10 Å². The number of likely N-dealkylation sites (tertiary alicyclic amines) is 1. The molecule has 0 aromatic heterocycles. The van der Waals surface area contributed by atoms with Gasteiger partial charge >= 0.3 is 0 Å². The molecule has 1 aromatic rings. The van der Waals surface area contributed by atoms with E-state index in [1.807, 2.05) is 11.9 Å². The first kappa shape index (κ1) is 21.8. The third-order valence-electron chi connectivity index (χ3n) is 4.92. The van der Waals surface area contributed by atoms with Gasteiger partial charge in [-0.1, -0.05) is 36.5 Å². The summed E-state index contributed by atoms with van der Waals surface area (Å²) < 4.78 is 5.71. The fraction of sp³-hybridized carbons (Fsp3) is 0.600. The Morgan fingerprint density at radius 1 is 1.30 bits per heavy atom. The highest BCUT2D eigenvalue weighted by Gasteiger charge is 2.31. The van der Waals surface area contributed by atoms with Crippen molar-refractivity contribution >= 4 is 35.0 Å². The summed E-state index contributed by atoms with van der Waals surface area (Å²) in [7, 11) is 1.86. The summed E-state index contributed by atoms with van der Waals surface area (Å²) in [5, 5.41) is 0.892. The SMILES string of the molecule is CCCCN(C)C(=O)C1CCN(C(=O)C(C)Oc2ccc(Cl)cc2Cl)CC1. The minimum atomic E-state index is -0.650. The minimum Gasteiger partial charge on any atom is -0.479 e. The number of ether oxygens (including phenoxy) is 1. The van der Waals surface area contributed by atoms with Crippen LogP contribution in [-0.4, -0.2) is 54.4 Å². The summed E-state index contributed by atoms with van der Waals surface area (Å²) in [4.78, 5) is 28.7. The first-order chi connectivity index (χ1) is 12.8. The van der Waals surface area contributed by atoms with Gasteiger partial charge in [0.2, 0.25) is 5.91 Å². The number of carbonyl (C=O) groups is 2. The number of carbonyl (C=O) groups excluding carboxylic acids is 2. The number of benzene rings is 1. The quantitative estimate of drug-likeness (QED) is 0.669. The van der Waals surface area contributed by atoms with Crippen molar-refractivity contribution in [1.82, 2.24) is 9.80 Å². The molecule has 0 radical (unpaired) electrons. The van der Waals surface area contributed by atoms with Crippen LogP contribution in [0.15, 0.2) is 18.2 Å². The molecule has 1 heterocycles. The third-order valence-corrected chi connectivity index (χ3v) is 5.46. The Morgan fingerprint density at radius 3 is 2.56 bits per heavy atom. The molecule has 2 rings (SSSR count). The maximum absolute atomic E-state index is 12.7. The minimum absolute atomic E-state index is 0.00200. The topological polar surface area (TPSA) is 49.9 Å². The van der Waals surface area contributed by atoms with Gasteiger partial charge < -0.3 is 14.5 Å². The maximum Gasteiger partial charge on any atom is 0.263 e. The number of hydrogen-bond donors (Lipinski definition) is 0. The van der Waals surface area contributed by atoms with Gasteiger partial charge in [-0.25, -0.2) is 0 Å². The van der Waals surface area contributed by atoms with E-state index in [0.717, 1.165) is 19.4 Å². The van der Waals surface area contributed by atoms with E-state index in [2.05, 4.69) is 6.92 Å².